The van der Waals surface area contributed by atoms with Crippen LogP contribution in [0.3, 0.4) is 0 Å². The molecule has 1 aromatic heterocycles. The van der Waals surface area contributed by atoms with Crippen molar-refractivity contribution in [3.63, 3.8) is 0 Å². The van der Waals surface area contributed by atoms with Crippen LogP contribution in [0.4, 0.5) is 13.2 Å². The van der Waals surface area contributed by atoms with E-state index in [-0.39, 0.29) is 30.0 Å². The van der Waals surface area contributed by atoms with Crippen LogP contribution in [-0.4, -0.2) is 58.4 Å². The maximum atomic E-state index is 15.7. The van der Waals surface area contributed by atoms with Gasteiger partial charge in [-0.2, -0.15) is 0 Å². The summed E-state index contributed by atoms with van der Waals surface area (Å²) in [5.74, 6) is -1.12. The lowest BCUT2D eigenvalue weighted by atomic mass is 9.94. The van der Waals surface area contributed by atoms with E-state index in [9.17, 15) is 4.39 Å². The van der Waals surface area contributed by atoms with E-state index in [0.29, 0.717) is 6.54 Å². The van der Waals surface area contributed by atoms with Gasteiger partial charge in [-0.05, 0) is 51.3 Å². The van der Waals surface area contributed by atoms with E-state index in [1.165, 1.54) is 26.0 Å². The van der Waals surface area contributed by atoms with Gasteiger partial charge < -0.3 is 9.30 Å². The Morgan fingerprint density at radius 3 is 2.39 bits per heavy atom. The minimum absolute atomic E-state index is 0.0552. The second-order valence-electron chi connectivity index (χ2n) is 11.0. The summed E-state index contributed by atoms with van der Waals surface area (Å²) in [6, 6.07) is 11.6. The molecule has 2 atom stereocenters. The Kier molecular flexibility index (Phi) is 6.81. The maximum absolute atomic E-state index is 15.7. The van der Waals surface area contributed by atoms with E-state index in [2.05, 4.69) is 16.4 Å². The highest BCUT2D eigenvalue weighted by atomic mass is 19.1. The first-order valence-electron chi connectivity index (χ1n) is 13.1. The molecule has 0 amide bonds. The van der Waals surface area contributed by atoms with Crippen molar-refractivity contribution in [3.8, 4) is 5.75 Å². The molecule has 4 nitrogen and oxygen atoms in total. The van der Waals surface area contributed by atoms with Crippen molar-refractivity contribution in [2.75, 3.05) is 26.2 Å². The van der Waals surface area contributed by atoms with Crippen LogP contribution < -0.4 is 4.74 Å². The minimum Gasteiger partial charge on any atom is -0.488 e. The molecule has 0 bridgehead atoms. The second kappa shape index (κ2) is 9.75. The molecular formula is C29H36F3N3O. The van der Waals surface area contributed by atoms with Gasteiger partial charge >= 0.3 is 0 Å². The summed E-state index contributed by atoms with van der Waals surface area (Å²) in [7, 11) is 0. The van der Waals surface area contributed by atoms with Crippen molar-refractivity contribution in [2.24, 2.45) is 0 Å². The molecule has 0 aliphatic carbocycles. The third kappa shape index (κ3) is 4.88. The van der Waals surface area contributed by atoms with Crippen LogP contribution in [0.2, 0.25) is 0 Å². The zero-order valence-corrected chi connectivity index (χ0v) is 21.6. The average molecular weight is 500 g/mol. The molecule has 2 aliphatic heterocycles. The molecule has 1 saturated heterocycles. The smallest absolute Gasteiger partial charge is 0.135 e. The summed E-state index contributed by atoms with van der Waals surface area (Å²) < 4.78 is 54.4. The lowest BCUT2D eigenvalue weighted by Gasteiger charge is -2.44. The first-order valence-corrected chi connectivity index (χ1v) is 13.1. The number of alkyl halides is 1. The zero-order valence-electron chi connectivity index (χ0n) is 21.6. The maximum Gasteiger partial charge on any atom is 0.135 e. The minimum atomic E-state index is -1.52. The molecule has 7 heteroatoms. The number of benzene rings is 2. The molecule has 0 saturated carbocycles. The molecule has 0 N–H and O–H groups in total. The van der Waals surface area contributed by atoms with Gasteiger partial charge in [-0.3, -0.25) is 9.80 Å². The topological polar surface area (TPSA) is 20.6 Å². The molecule has 1 fully saturated rings. The predicted octanol–water partition coefficient (Wildman–Crippen LogP) is 6.32. The summed E-state index contributed by atoms with van der Waals surface area (Å²) in [6.45, 7) is 10.4. The van der Waals surface area contributed by atoms with E-state index in [0.717, 1.165) is 49.1 Å². The monoisotopic (exact) mass is 499 g/mol. The Morgan fingerprint density at radius 1 is 1.03 bits per heavy atom. The number of para-hydroxylation sites is 1. The predicted molar refractivity (Wildman–Crippen MR) is 137 cm³/mol. The van der Waals surface area contributed by atoms with Gasteiger partial charge in [-0.25, -0.2) is 13.2 Å². The van der Waals surface area contributed by atoms with Crippen LogP contribution in [0.15, 0.2) is 42.5 Å². The first kappa shape index (κ1) is 25.2. The number of halogens is 3. The molecular weight excluding hydrogens is 463 g/mol. The zero-order chi connectivity index (χ0) is 25.6. The van der Waals surface area contributed by atoms with E-state index in [4.69, 9.17) is 4.74 Å². The van der Waals surface area contributed by atoms with Crippen LogP contribution in [0.1, 0.15) is 57.8 Å². The fourth-order valence-electron chi connectivity index (χ4n) is 5.69. The SMILES string of the molecule is CCCCN1CC(Oc2cc(F)c([C@@H]3c4cc5ccccc5n4C[C@@H](C)N3CC(C)(C)F)c(F)c2)C1. The Bertz CT molecular complexity index is 1210. The Hall–Kier alpha value is -2.51. The number of hydrogen-bond donors (Lipinski definition) is 0. The average Bonchev–Trinajstić information content (AvgIpc) is 3.14. The fraction of sp³-hybridized carbons (Fsp3) is 0.517. The van der Waals surface area contributed by atoms with Crippen molar-refractivity contribution < 1.29 is 17.9 Å². The van der Waals surface area contributed by atoms with Gasteiger partial charge in [0, 0.05) is 61.1 Å². The second-order valence-corrected chi connectivity index (χ2v) is 11.0. The highest BCUT2D eigenvalue weighted by Crippen LogP contribution is 2.42. The standard InChI is InChI=1S/C29H36F3N3O/c1-5-6-11-33-16-22(17-33)36-21-13-23(30)27(24(31)14-21)28-26-12-20-9-7-8-10-25(20)34(26)15-19(2)35(28)18-29(3,4)32/h7-10,12-14,19,22,28H,5-6,11,15-18H2,1-4H3/t19-,28+/m1/s1. The van der Waals surface area contributed by atoms with Gasteiger partial charge in [-0.1, -0.05) is 31.5 Å². The number of unbranched alkanes of at least 4 members (excludes halogenated alkanes) is 1. The molecule has 5 rings (SSSR count). The van der Waals surface area contributed by atoms with Crippen molar-refractivity contribution in [3.05, 3.63) is 65.4 Å². The molecule has 194 valence electrons. The summed E-state index contributed by atoms with van der Waals surface area (Å²) in [4.78, 5) is 4.18. The lowest BCUT2D eigenvalue weighted by molar-refractivity contribution is 0.0188. The third-order valence-corrected chi connectivity index (χ3v) is 7.41. The summed E-state index contributed by atoms with van der Waals surface area (Å²) in [5.41, 5.74) is 0.211. The molecule has 0 spiro atoms. The molecule has 3 heterocycles. The number of rotatable bonds is 8. The fourth-order valence-corrected chi connectivity index (χ4v) is 5.69. The Morgan fingerprint density at radius 2 is 1.72 bits per heavy atom. The van der Waals surface area contributed by atoms with E-state index in [1.54, 1.807) is 0 Å². The highest BCUT2D eigenvalue weighted by molar-refractivity contribution is 5.82. The molecule has 0 unspecified atom stereocenters. The number of aromatic nitrogens is 1. The van der Waals surface area contributed by atoms with Crippen molar-refractivity contribution in [1.29, 1.82) is 0 Å². The van der Waals surface area contributed by atoms with Gasteiger partial charge in [0.25, 0.3) is 0 Å². The molecule has 2 aromatic carbocycles. The Labute approximate surface area is 211 Å². The third-order valence-electron chi connectivity index (χ3n) is 7.41. The van der Waals surface area contributed by atoms with Gasteiger partial charge in [0.15, 0.2) is 0 Å². The largest absolute Gasteiger partial charge is 0.488 e. The number of fused-ring (bicyclic) bond motifs is 3. The summed E-state index contributed by atoms with van der Waals surface area (Å²) in [5, 5.41) is 1.00. The van der Waals surface area contributed by atoms with Crippen LogP contribution in [-0.2, 0) is 6.54 Å². The van der Waals surface area contributed by atoms with Gasteiger partial charge in [0.05, 0.1) is 6.04 Å². The van der Waals surface area contributed by atoms with Crippen molar-refractivity contribution in [2.45, 2.75) is 70.9 Å². The van der Waals surface area contributed by atoms with E-state index >= 15 is 8.78 Å². The summed E-state index contributed by atoms with van der Waals surface area (Å²) in [6.07, 6.45) is 2.20. The van der Waals surface area contributed by atoms with E-state index < -0.39 is 23.3 Å². The molecule has 0 radical (unpaired) electrons. The molecule has 3 aromatic rings. The number of nitrogens with zero attached hydrogens (tertiary/aromatic N) is 3. The van der Waals surface area contributed by atoms with Crippen LogP contribution >= 0.6 is 0 Å². The van der Waals surface area contributed by atoms with Crippen LogP contribution in [0, 0.1) is 11.6 Å². The van der Waals surface area contributed by atoms with Gasteiger partial charge in [0.2, 0.25) is 0 Å². The number of likely N-dealkylation sites (tertiary alicyclic amines) is 1. The van der Waals surface area contributed by atoms with E-state index in [1.807, 2.05) is 42.2 Å². The van der Waals surface area contributed by atoms with Crippen molar-refractivity contribution in [1.82, 2.24) is 14.4 Å². The normalized spacial score (nSPS) is 21.5. The Balaban J connectivity index is 1.50. The van der Waals surface area contributed by atoms with Gasteiger partial charge in [0.1, 0.15) is 29.2 Å². The molecule has 2 aliphatic rings. The number of hydrogen-bond acceptors (Lipinski definition) is 3. The van der Waals surface area contributed by atoms with Crippen LogP contribution in [0.5, 0.6) is 5.75 Å². The first-order chi connectivity index (χ1) is 17.1. The quantitative estimate of drug-likeness (QED) is 0.362. The van der Waals surface area contributed by atoms with Crippen LogP contribution in [0.25, 0.3) is 10.9 Å². The van der Waals surface area contributed by atoms with Crippen molar-refractivity contribution >= 4 is 10.9 Å². The molecule has 36 heavy (non-hydrogen) atoms. The summed E-state index contributed by atoms with van der Waals surface area (Å²) >= 11 is 0. The lowest BCUT2D eigenvalue weighted by Crippen LogP contribution is -2.53. The highest BCUT2D eigenvalue weighted by Gasteiger charge is 2.40. The number of ether oxygens (including phenoxy) is 1. The van der Waals surface area contributed by atoms with Gasteiger partial charge in [-0.15, -0.1) is 0 Å².